The number of carbonyl (C=O) groups is 1. The first-order valence-electron chi connectivity index (χ1n) is 11.5. The molecule has 2 aromatic rings. The van der Waals surface area contributed by atoms with Crippen LogP contribution in [0.5, 0.6) is 0 Å². The van der Waals surface area contributed by atoms with Crippen LogP contribution >= 0.6 is 11.8 Å². The van der Waals surface area contributed by atoms with Gasteiger partial charge in [0.05, 0.1) is 5.69 Å². The fourth-order valence-electron chi connectivity index (χ4n) is 4.80. The number of nitrogens with zero attached hydrogens (tertiary/aromatic N) is 2. The standard InChI is InChI=1S/C26H33N3OS/c1-4-22-21-8-5-6-9-24(21)31-25-11-10-20(15-23(25)28-22)26(30)27-12-7-13-29-16-18(2)14-19(3)17-29/h5-6,8-11,15,18-19H,4,7,12-14,16-17H2,1-3H3,(H,27,30). The van der Waals surface area contributed by atoms with Crippen molar-refractivity contribution in [3.05, 3.63) is 53.6 Å². The zero-order valence-corrected chi connectivity index (χ0v) is 19.7. The lowest BCUT2D eigenvalue weighted by molar-refractivity contribution is 0.0947. The molecular weight excluding hydrogens is 402 g/mol. The number of likely N-dealkylation sites (tertiary alicyclic amines) is 1. The highest BCUT2D eigenvalue weighted by Gasteiger charge is 2.21. The van der Waals surface area contributed by atoms with E-state index in [0.717, 1.165) is 47.5 Å². The highest BCUT2D eigenvalue weighted by molar-refractivity contribution is 7.99. The molecule has 4 nitrogen and oxygen atoms in total. The summed E-state index contributed by atoms with van der Waals surface area (Å²) in [4.78, 5) is 22.5. The van der Waals surface area contributed by atoms with Crippen molar-refractivity contribution in [1.29, 1.82) is 0 Å². The summed E-state index contributed by atoms with van der Waals surface area (Å²) in [7, 11) is 0. The van der Waals surface area contributed by atoms with E-state index in [1.807, 2.05) is 18.2 Å². The maximum absolute atomic E-state index is 12.8. The van der Waals surface area contributed by atoms with Crippen LogP contribution in [0.4, 0.5) is 5.69 Å². The number of rotatable bonds is 6. The van der Waals surface area contributed by atoms with Crippen molar-refractivity contribution in [2.45, 2.75) is 49.8 Å². The third-order valence-corrected chi connectivity index (χ3v) is 7.25. The Morgan fingerprint density at radius 3 is 2.68 bits per heavy atom. The van der Waals surface area contributed by atoms with E-state index in [1.54, 1.807) is 11.8 Å². The van der Waals surface area contributed by atoms with Gasteiger partial charge in [-0.2, -0.15) is 0 Å². The minimum Gasteiger partial charge on any atom is -0.352 e. The van der Waals surface area contributed by atoms with Gasteiger partial charge in [0.15, 0.2) is 0 Å². The van der Waals surface area contributed by atoms with Gasteiger partial charge in [0.1, 0.15) is 0 Å². The molecule has 0 aromatic heterocycles. The van der Waals surface area contributed by atoms with Crippen LogP contribution in [0.1, 0.15) is 56.0 Å². The van der Waals surface area contributed by atoms with Crippen LogP contribution < -0.4 is 5.32 Å². The Morgan fingerprint density at radius 2 is 1.90 bits per heavy atom. The van der Waals surface area contributed by atoms with E-state index in [-0.39, 0.29) is 5.91 Å². The fraction of sp³-hybridized carbons (Fsp3) is 0.462. The molecule has 2 aliphatic rings. The zero-order valence-electron chi connectivity index (χ0n) is 18.9. The Kier molecular flexibility index (Phi) is 7.13. The number of amides is 1. The van der Waals surface area contributed by atoms with Crippen LogP contribution in [0.25, 0.3) is 0 Å². The van der Waals surface area contributed by atoms with Gasteiger partial charge >= 0.3 is 0 Å². The molecule has 1 saturated heterocycles. The number of fused-ring (bicyclic) bond motifs is 2. The molecule has 2 unspecified atom stereocenters. The molecule has 1 N–H and O–H groups in total. The third kappa shape index (κ3) is 5.39. The lowest BCUT2D eigenvalue weighted by Crippen LogP contribution is -2.40. The van der Waals surface area contributed by atoms with Crippen LogP contribution in [0.3, 0.4) is 0 Å². The molecule has 0 bridgehead atoms. The Bertz CT molecular complexity index is 961. The highest BCUT2D eigenvalue weighted by atomic mass is 32.2. The number of benzene rings is 2. The number of carbonyl (C=O) groups excluding carboxylic acids is 1. The summed E-state index contributed by atoms with van der Waals surface area (Å²) < 4.78 is 0. The number of hydrogen-bond acceptors (Lipinski definition) is 4. The second-order valence-electron chi connectivity index (χ2n) is 9.01. The van der Waals surface area contributed by atoms with Gasteiger partial charge in [-0.15, -0.1) is 0 Å². The van der Waals surface area contributed by atoms with Crippen molar-refractivity contribution in [2.24, 2.45) is 16.8 Å². The summed E-state index contributed by atoms with van der Waals surface area (Å²) >= 11 is 1.73. The predicted octanol–water partition coefficient (Wildman–Crippen LogP) is 5.78. The van der Waals surface area contributed by atoms with E-state index in [2.05, 4.69) is 55.3 Å². The molecule has 2 heterocycles. The minimum absolute atomic E-state index is 0.0109. The molecule has 164 valence electrons. The molecule has 0 saturated carbocycles. The molecule has 0 radical (unpaired) electrons. The van der Waals surface area contributed by atoms with Gasteiger partial charge in [0.2, 0.25) is 0 Å². The summed E-state index contributed by atoms with van der Waals surface area (Å²) in [5, 5.41) is 3.10. The number of hydrogen-bond donors (Lipinski definition) is 1. The number of nitrogens with one attached hydrogen (secondary N) is 1. The van der Waals surface area contributed by atoms with E-state index in [1.165, 1.54) is 30.0 Å². The minimum atomic E-state index is -0.0109. The fourth-order valence-corrected chi connectivity index (χ4v) is 5.83. The van der Waals surface area contributed by atoms with E-state index in [9.17, 15) is 4.79 Å². The summed E-state index contributed by atoms with van der Waals surface area (Å²) in [5.74, 6) is 1.54. The number of aliphatic imine (C=N–C) groups is 1. The molecule has 2 atom stereocenters. The van der Waals surface area contributed by atoms with Crippen molar-refractivity contribution in [1.82, 2.24) is 10.2 Å². The van der Waals surface area contributed by atoms with Crippen LogP contribution in [0, 0.1) is 11.8 Å². The average Bonchev–Trinajstić information content (AvgIpc) is 2.91. The van der Waals surface area contributed by atoms with E-state index >= 15 is 0 Å². The Labute approximate surface area is 190 Å². The van der Waals surface area contributed by atoms with Gasteiger partial charge < -0.3 is 10.2 Å². The maximum Gasteiger partial charge on any atom is 0.251 e. The van der Waals surface area contributed by atoms with Gasteiger partial charge in [-0.05, 0) is 61.9 Å². The first-order valence-corrected chi connectivity index (χ1v) is 12.3. The summed E-state index contributed by atoms with van der Waals surface area (Å²) in [5.41, 5.74) is 3.84. The van der Waals surface area contributed by atoms with Crippen molar-refractivity contribution in [2.75, 3.05) is 26.2 Å². The Balaban J connectivity index is 1.38. The van der Waals surface area contributed by atoms with E-state index in [4.69, 9.17) is 4.99 Å². The van der Waals surface area contributed by atoms with Gasteiger partial charge in [0, 0.05) is 46.3 Å². The molecule has 1 amide bonds. The second kappa shape index (κ2) is 10.0. The average molecular weight is 436 g/mol. The van der Waals surface area contributed by atoms with Gasteiger partial charge in [-0.25, -0.2) is 0 Å². The first-order chi connectivity index (χ1) is 15.0. The molecule has 31 heavy (non-hydrogen) atoms. The van der Waals surface area contributed by atoms with Crippen molar-refractivity contribution in [3.63, 3.8) is 0 Å². The summed E-state index contributed by atoms with van der Waals surface area (Å²) in [6.45, 7) is 10.9. The van der Waals surface area contributed by atoms with Crippen LogP contribution in [0.15, 0.2) is 57.2 Å². The highest BCUT2D eigenvalue weighted by Crippen LogP contribution is 2.41. The van der Waals surface area contributed by atoms with Crippen molar-refractivity contribution in [3.8, 4) is 0 Å². The van der Waals surface area contributed by atoms with Crippen molar-refractivity contribution < 1.29 is 4.79 Å². The van der Waals surface area contributed by atoms with Gasteiger partial charge in [0.25, 0.3) is 5.91 Å². The van der Waals surface area contributed by atoms with Gasteiger partial charge in [-0.1, -0.05) is 50.7 Å². The van der Waals surface area contributed by atoms with E-state index in [0.29, 0.717) is 12.1 Å². The monoisotopic (exact) mass is 435 g/mol. The molecule has 4 rings (SSSR count). The van der Waals surface area contributed by atoms with Crippen LogP contribution in [-0.4, -0.2) is 42.7 Å². The molecule has 2 aliphatic heterocycles. The molecule has 0 aliphatic carbocycles. The summed E-state index contributed by atoms with van der Waals surface area (Å²) in [6, 6.07) is 14.3. The maximum atomic E-state index is 12.8. The first kappa shape index (κ1) is 22.1. The van der Waals surface area contributed by atoms with Crippen LogP contribution in [0.2, 0.25) is 0 Å². The topological polar surface area (TPSA) is 44.7 Å². The normalized spacial score (nSPS) is 20.9. The van der Waals surface area contributed by atoms with Gasteiger partial charge in [-0.3, -0.25) is 9.79 Å². The quantitative estimate of drug-likeness (QED) is 0.585. The molecule has 1 fully saturated rings. The lowest BCUT2D eigenvalue weighted by Gasteiger charge is -2.34. The SMILES string of the molecule is CCC1=Nc2cc(C(=O)NCCCN3CC(C)CC(C)C3)ccc2Sc2ccccc21. The second-order valence-corrected chi connectivity index (χ2v) is 10.1. The zero-order chi connectivity index (χ0) is 21.8. The smallest absolute Gasteiger partial charge is 0.251 e. The Hall–Kier alpha value is -2.11. The molecule has 0 spiro atoms. The lowest BCUT2D eigenvalue weighted by atomic mass is 9.92. The van der Waals surface area contributed by atoms with E-state index < -0.39 is 0 Å². The largest absolute Gasteiger partial charge is 0.352 e. The van der Waals surface area contributed by atoms with Crippen molar-refractivity contribution >= 4 is 29.1 Å². The summed E-state index contributed by atoms with van der Waals surface area (Å²) in [6.07, 6.45) is 3.18. The third-order valence-electron chi connectivity index (χ3n) is 6.11. The predicted molar refractivity (Wildman–Crippen MR) is 130 cm³/mol. The number of piperidine rings is 1. The molecular formula is C26H33N3OS. The molecule has 2 aromatic carbocycles. The molecule has 5 heteroatoms. The van der Waals surface area contributed by atoms with Crippen LogP contribution in [-0.2, 0) is 0 Å². The Morgan fingerprint density at radius 1 is 1.13 bits per heavy atom.